The lowest BCUT2D eigenvalue weighted by atomic mass is 10.1. The highest BCUT2D eigenvalue weighted by Crippen LogP contribution is 2.35. The van der Waals surface area contributed by atoms with Crippen molar-refractivity contribution < 1.29 is 9.90 Å². The van der Waals surface area contributed by atoms with E-state index < -0.39 is 6.10 Å². The van der Waals surface area contributed by atoms with Gasteiger partial charge in [-0.25, -0.2) is 9.97 Å². The molecule has 2 N–H and O–H groups in total. The van der Waals surface area contributed by atoms with Crippen LogP contribution in [0.15, 0.2) is 46.7 Å². The molecular formula is C12H9N3O2S. The number of aliphatic hydroxyl groups excluding tert-OH is 1. The van der Waals surface area contributed by atoms with Crippen LogP contribution in [0.2, 0.25) is 0 Å². The van der Waals surface area contributed by atoms with Crippen LogP contribution in [-0.2, 0) is 4.79 Å². The molecule has 1 aliphatic rings. The normalized spacial score (nSPS) is 17.4. The van der Waals surface area contributed by atoms with Crippen LogP contribution in [0.4, 0.5) is 5.69 Å². The summed E-state index contributed by atoms with van der Waals surface area (Å²) in [6, 6.07) is 7.25. The van der Waals surface area contributed by atoms with Crippen LogP contribution in [0.3, 0.4) is 0 Å². The smallest absolute Gasteiger partial charge is 0.257 e. The Morgan fingerprint density at radius 2 is 2.22 bits per heavy atom. The van der Waals surface area contributed by atoms with Gasteiger partial charge >= 0.3 is 0 Å². The lowest BCUT2D eigenvalue weighted by molar-refractivity contribution is -0.123. The van der Waals surface area contributed by atoms with Gasteiger partial charge in [0.2, 0.25) is 0 Å². The van der Waals surface area contributed by atoms with Gasteiger partial charge in [0, 0.05) is 22.3 Å². The summed E-state index contributed by atoms with van der Waals surface area (Å²) in [6.07, 6.45) is 2.10. The van der Waals surface area contributed by atoms with Crippen LogP contribution in [-0.4, -0.2) is 21.0 Å². The van der Waals surface area contributed by atoms with E-state index in [9.17, 15) is 9.90 Å². The van der Waals surface area contributed by atoms with Crippen molar-refractivity contribution >= 4 is 23.4 Å². The maximum atomic E-state index is 11.3. The third-order valence-corrected chi connectivity index (χ3v) is 3.54. The van der Waals surface area contributed by atoms with Crippen molar-refractivity contribution in [3.63, 3.8) is 0 Å². The Bertz CT molecular complexity index is 604. The minimum Gasteiger partial charge on any atom is -0.378 e. The highest BCUT2D eigenvalue weighted by molar-refractivity contribution is 7.99. The molecule has 0 fully saturated rings. The van der Waals surface area contributed by atoms with E-state index in [-0.39, 0.29) is 5.91 Å². The van der Waals surface area contributed by atoms with Gasteiger partial charge in [0.1, 0.15) is 11.4 Å². The van der Waals surface area contributed by atoms with Gasteiger partial charge in [0.15, 0.2) is 6.10 Å². The Labute approximate surface area is 107 Å². The van der Waals surface area contributed by atoms with Crippen molar-refractivity contribution in [2.24, 2.45) is 0 Å². The number of anilines is 1. The number of carbonyl (C=O) groups is 1. The molecule has 0 saturated heterocycles. The van der Waals surface area contributed by atoms with Crippen molar-refractivity contribution in [1.82, 2.24) is 9.97 Å². The van der Waals surface area contributed by atoms with Crippen LogP contribution in [0.5, 0.6) is 0 Å². The molecule has 1 aromatic carbocycles. The molecule has 1 amide bonds. The molecule has 1 atom stereocenters. The number of aliphatic hydroxyl groups is 1. The lowest BCUT2D eigenvalue weighted by Gasteiger charge is -2.04. The molecule has 0 radical (unpaired) electrons. The molecule has 90 valence electrons. The summed E-state index contributed by atoms with van der Waals surface area (Å²) in [4.78, 5) is 20.2. The Balaban J connectivity index is 1.88. The van der Waals surface area contributed by atoms with Gasteiger partial charge in [-0.15, -0.1) is 0 Å². The molecule has 6 heteroatoms. The van der Waals surface area contributed by atoms with Gasteiger partial charge in [-0.1, -0.05) is 17.8 Å². The fourth-order valence-corrected chi connectivity index (χ4v) is 2.53. The zero-order chi connectivity index (χ0) is 12.5. The van der Waals surface area contributed by atoms with Crippen LogP contribution in [0.1, 0.15) is 11.7 Å². The number of hydrogen-bond acceptors (Lipinski definition) is 5. The van der Waals surface area contributed by atoms with E-state index in [4.69, 9.17) is 0 Å². The molecule has 3 rings (SSSR count). The topological polar surface area (TPSA) is 75.1 Å². The van der Waals surface area contributed by atoms with Gasteiger partial charge in [0.05, 0.1) is 0 Å². The van der Waals surface area contributed by atoms with E-state index in [0.717, 1.165) is 9.92 Å². The summed E-state index contributed by atoms with van der Waals surface area (Å²) in [6.45, 7) is 0. The minimum absolute atomic E-state index is 0.380. The summed E-state index contributed by atoms with van der Waals surface area (Å²) in [5, 5.41) is 13.1. The summed E-state index contributed by atoms with van der Waals surface area (Å²) in [5.41, 5.74) is 1.28. The predicted molar refractivity (Wildman–Crippen MR) is 66.2 cm³/mol. The third-order valence-electron chi connectivity index (χ3n) is 2.60. The second kappa shape index (κ2) is 4.40. The zero-order valence-corrected chi connectivity index (χ0v) is 10.0. The number of nitrogens with zero attached hydrogens (tertiary/aromatic N) is 2. The number of benzene rings is 1. The van der Waals surface area contributed by atoms with Crippen molar-refractivity contribution in [2.45, 2.75) is 16.0 Å². The molecule has 2 aromatic rings. The third kappa shape index (κ3) is 1.96. The number of carbonyl (C=O) groups excluding carboxylic acids is 1. The Morgan fingerprint density at radius 3 is 3.00 bits per heavy atom. The zero-order valence-electron chi connectivity index (χ0n) is 9.20. The van der Waals surface area contributed by atoms with Crippen molar-refractivity contribution in [3.05, 3.63) is 42.4 Å². The highest BCUT2D eigenvalue weighted by atomic mass is 32.2. The Hall–Kier alpha value is -1.92. The standard InChI is InChI=1S/C12H9N3O2S/c16-11-8-2-1-7(5-9(8)15-12(11)17)18-10-3-4-13-6-14-10/h1-6,11,16H,(H,15,17). The quantitative estimate of drug-likeness (QED) is 0.801. The second-order valence-electron chi connectivity index (χ2n) is 3.79. The van der Waals surface area contributed by atoms with E-state index >= 15 is 0 Å². The first-order valence-corrected chi connectivity index (χ1v) is 6.12. The average molecular weight is 259 g/mol. The number of nitrogens with one attached hydrogen (secondary N) is 1. The summed E-state index contributed by atoms with van der Waals surface area (Å²) in [5.74, 6) is -0.380. The van der Waals surface area contributed by atoms with E-state index in [1.54, 1.807) is 12.3 Å². The predicted octanol–water partition coefficient (Wildman–Crippen LogP) is 1.61. The molecule has 0 bridgehead atoms. The summed E-state index contributed by atoms with van der Waals surface area (Å²) >= 11 is 1.47. The van der Waals surface area contributed by atoms with Gasteiger partial charge in [-0.2, -0.15) is 0 Å². The maximum absolute atomic E-state index is 11.3. The number of aromatic nitrogens is 2. The van der Waals surface area contributed by atoms with Crippen molar-refractivity contribution in [2.75, 3.05) is 5.32 Å². The molecule has 18 heavy (non-hydrogen) atoms. The first-order valence-electron chi connectivity index (χ1n) is 5.31. The van der Waals surface area contributed by atoms with Crippen LogP contribution >= 0.6 is 11.8 Å². The van der Waals surface area contributed by atoms with Gasteiger partial charge < -0.3 is 10.4 Å². The number of amides is 1. The second-order valence-corrected chi connectivity index (χ2v) is 4.88. The average Bonchev–Trinajstić information content (AvgIpc) is 2.66. The van der Waals surface area contributed by atoms with Crippen molar-refractivity contribution in [1.29, 1.82) is 0 Å². The van der Waals surface area contributed by atoms with Crippen LogP contribution in [0, 0.1) is 0 Å². The fraction of sp³-hybridized carbons (Fsp3) is 0.0833. The van der Waals surface area contributed by atoms with Crippen molar-refractivity contribution in [3.8, 4) is 0 Å². The first-order chi connectivity index (χ1) is 8.74. The van der Waals surface area contributed by atoms with E-state index in [0.29, 0.717) is 11.3 Å². The SMILES string of the molecule is O=C1Nc2cc(Sc3ccncn3)ccc2C1O. The number of rotatable bonds is 2. The monoisotopic (exact) mass is 259 g/mol. The maximum Gasteiger partial charge on any atom is 0.257 e. The molecule has 5 nitrogen and oxygen atoms in total. The molecule has 1 unspecified atom stereocenters. The molecule has 1 aromatic heterocycles. The Kier molecular flexibility index (Phi) is 2.73. The van der Waals surface area contributed by atoms with E-state index in [1.807, 2.05) is 18.2 Å². The highest BCUT2D eigenvalue weighted by Gasteiger charge is 2.28. The fourth-order valence-electron chi connectivity index (χ4n) is 1.75. The van der Waals surface area contributed by atoms with Gasteiger partial charge in [-0.3, -0.25) is 4.79 Å². The van der Waals surface area contributed by atoms with E-state index in [1.165, 1.54) is 18.1 Å². The summed E-state index contributed by atoms with van der Waals surface area (Å²) < 4.78 is 0. The molecule has 0 aliphatic carbocycles. The molecule has 2 heterocycles. The molecule has 0 saturated carbocycles. The number of hydrogen-bond donors (Lipinski definition) is 2. The van der Waals surface area contributed by atoms with Crippen LogP contribution < -0.4 is 5.32 Å². The molecule has 0 spiro atoms. The largest absolute Gasteiger partial charge is 0.378 e. The molecule has 1 aliphatic heterocycles. The lowest BCUT2D eigenvalue weighted by Crippen LogP contribution is -2.10. The van der Waals surface area contributed by atoms with E-state index in [2.05, 4.69) is 15.3 Å². The molecular weight excluding hydrogens is 250 g/mol. The first kappa shape index (κ1) is 11.2. The Morgan fingerprint density at radius 1 is 1.33 bits per heavy atom. The minimum atomic E-state index is -1.06. The van der Waals surface area contributed by atoms with Gasteiger partial charge in [-0.05, 0) is 18.2 Å². The van der Waals surface area contributed by atoms with Crippen LogP contribution in [0.25, 0.3) is 0 Å². The summed E-state index contributed by atoms with van der Waals surface area (Å²) in [7, 11) is 0. The number of fused-ring (bicyclic) bond motifs is 1. The van der Waals surface area contributed by atoms with Gasteiger partial charge in [0.25, 0.3) is 5.91 Å².